The summed E-state index contributed by atoms with van der Waals surface area (Å²) in [4.78, 5) is 4.33. The summed E-state index contributed by atoms with van der Waals surface area (Å²) >= 11 is 0. The molecule has 2 rings (SSSR count). The van der Waals surface area contributed by atoms with Crippen molar-refractivity contribution in [2.24, 2.45) is 16.6 Å². The first-order valence-electron chi connectivity index (χ1n) is 7.53. The van der Waals surface area contributed by atoms with E-state index < -0.39 is 0 Å². The SMILES string of the molecule is CCNC(N)=NCc1ccc(C)cc1OCC1CCOC1. The third-order valence-electron chi connectivity index (χ3n) is 3.50. The Balaban J connectivity index is 2.00. The van der Waals surface area contributed by atoms with Gasteiger partial charge in [0.1, 0.15) is 5.75 Å². The summed E-state index contributed by atoms with van der Waals surface area (Å²) in [5, 5.41) is 2.99. The fourth-order valence-corrected chi connectivity index (χ4v) is 2.26. The quantitative estimate of drug-likeness (QED) is 0.620. The van der Waals surface area contributed by atoms with Crippen LogP contribution >= 0.6 is 0 Å². The number of guanidine groups is 1. The molecule has 1 aromatic rings. The van der Waals surface area contributed by atoms with Crippen LogP contribution in [0.25, 0.3) is 0 Å². The van der Waals surface area contributed by atoms with Crippen molar-refractivity contribution in [3.05, 3.63) is 29.3 Å². The topological polar surface area (TPSA) is 68.9 Å². The Morgan fingerprint density at radius 3 is 3.10 bits per heavy atom. The molecule has 21 heavy (non-hydrogen) atoms. The van der Waals surface area contributed by atoms with Gasteiger partial charge in [0.15, 0.2) is 5.96 Å². The molecular weight excluding hydrogens is 266 g/mol. The molecule has 0 aromatic heterocycles. The Hall–Kier alpha value is -1.75. The van der Waals surface area contributed by atoms with Gasteiger partial charge in [-0.1, -0.05) is 12.1 Å². The van der Waals surface area contributed by atoms with E-state index in [1.165, 1.54) is 5.56 Å². The summed E-state index contributed by atoms with van der Waals surface area (Å²) in [5.74, 6) is 1.86. The molecule has 116 valence electrons. The van der Waals surface area contributed by atoms with Crippen LogP contribution in [0.3, 0.4) is 0 Å². The second-order valence-electron chi connectivity index (χ2n) is 5.38. The molecule has 0 amide bonds. The molecule has 1 atom stereocenters. The van der Waals surface area contributed by atoms with E-state index >= 15 is 0 Å². The lowest BCUT2D eigenvalue weighted by atomic mass is 10.1. The number of nitrogens with one attached hydrogen (secondary N) is 1. The smallest absolute Gasteiger partial charge is 0.188 e. The Morgan fingerprint density at radius 2 is 2.38 bits per heavy atom. The maximum atomic E-state index is 5.98. The molecule has 0 spiro atoms. The Labute approximate surface area is 126 Å². The van der Waals surface area contributed by atoms with Gasteiger partial charge in [0.25, 0.3) is 0 Å². The first kappa shape index (κ1) is 15.6. The highest BCUT2D eigenvalue weighted by Crippen LogP contribution is 2.23. The second-order valence-corrected chi connectivity index (χ2v) is 5.38. The lowest BCUT2D eigenvalue weighted by Crippen LogP contribution is -2.31. The van der Waals surface area contributed by atoms with Crippen LogP contribution in [-0.2, 0) is 11.3 Å². The number of benzene rings is 1. The van der Waals surface area contributed by atoms with E-state index in [4.69, 9.17) is 15.2 Å². The number of nitrogens with two attached hydrogens (primary N) is 1. The molecule has 5 heteroatoms. The van der Waals surface area contributed by atoms with Crippen molar-refractivity contribution in [3.63, 3.8) is 0 Å². The zero-order chi connectivity index (χ0) is 15.1. The summed E-state index contributed by atoms with van der Waals surface area (Å²) < 4.78 is 11.4. The van der Waals surface area contributed by atoms with Crippen LogP contribution in [0.5, 0.6) is 5.75 Å². The van der Waals surface area contributed by atoms with Gasteiger partial charge in [0, 0.05) is 24.6 Å². The highest BCUT2D eigenvalue weighted by atomic mass is 16.5. The van der Waals surface area contributed by atoms with Gasteiger partial charge in [0.2, 0.25) is 0 Å². The second kappa shape index (κ2) is 7.88. The molecule has 0 aliphatic carbocycles. The summed E-state index contributed by atoms with van der Waals surface area (Å²) in [6, 6.07) is 6.18. The molecule has 3 N–H and O–H groups in total. The van der Waals surface area contributed by atoms with Crippen LogP contribution < -0.4 is 15.8 Å². The van der Waals surface area contributed by atoms with Crippen LogP contribution in [0, 0.1) is 12.8 Å². The molecular formula is C16H25N3O2. The zero-order valence-corrected chi connectivity index (χ0v) is 12.9. The predicted molar refractivity (Wildman–Crippen MR) is 84.6 cm³/mol. The van der Waals surface area contributed by atoms with E-state index in [1.54, 1.807) is 0 Å². The Morgan fingerprint density at radius 1 is 1.52 bits per heavy atom. The number of aryl methyl sites for hydroxylation is 1. The van der Waals surface area contributed by atoms with Crippen molar-refractivity contribution in [1.82, 2.24) is 5.32 Å². The van der Waals surface area contributed by atoms with Crippen molar-refractivity contribution in [2.75, 3.05) is 26.4 Å². The van der Waals surface area contributed by atoms with Crippen LogP contribution in [0.2, 0.25) is 0 Å². The van der Waals surface area contributed by atoms with Crippen molar-refractivity contribution < 1.29 is 9.47 Å². The van der Waals surface area contributed by atoms with Crippen LogP contribution in [0.1, 0.15) is 24.5 Å². The largest absolute Gasteiger partial charge is 0.493 e. The van der Waals surface area contributed by atoms with E-state index in [0.29, 0.717) is 25.0 Å². The summed E-state index contributed by atoms with van der Waals surface area (Å²) in [5.41, 5.74) is 8.00. The highest BCUT2D eigenvalue weighted by molar-refractivity contribution is 5.77. The van der Waals surface area contributed by atoms with Gasteiger partial charge in [-0.3, -0.25) is 0 Å². The zero-order valence-electron chi connectivity index (χ0n) is 12.9. The standard InChI is InChI=1S/C16H25N3O2/c1-3-18-16(17)19-9-14-5-4-12(2)8-15(14)21-11-13-6-7-20-10-13/h4-5,8,13H,3,6-7,9-11H2,1-2H3,(H3,17,18,19). The van der Waals surface area contributed by atoms with E-state index in [2.05, 4.69) is 35.4 Å². The number of hydrogen-bond donors (Lipinski definition) is 2. The first-order chi connectivity index (χ1) is 10.2. The number of aliphatic imine (C=N–C) groups is 1. The molecule has 1 aliphatic rings. The van der Waals surface area contributed by atoms with Gasteiger partial charge in [-0.05, 0) is 31.9 Å². The normalized spacial score (nSPS) is 18.8. The van der Waals surface area contributed by atoms with Crippen molar-refractivity contribution in [1.29, 1.82) is 0 Å². The number of hydrogen-bond acceptors (Lipinski definition) is 3. The van der Waals surface area contributed by atoms with E-state index in [0.717, 1.165) is 37.5 Å². The van der Waals surface area contributed by atoms with Gasteiger partial charge in [-0.2, -0.15) is 0 Å². The van der Waals surface area contributed by atoms with Gasteiger partial charge in [0.05, 0.1) is 19.8 Å². The van der Waals surface area contributed by atoms with Crippen molar-refractivity contribution in [3.8, 4) is 5.75 Å². The molecule has 5 nitrogen and oxygen atoms in total. The molecule has 1 saturated heterocycles. The van der Waals surface area contributed by atoms with E-state index in [1.807, 2.05) is 6.92 Å². The molecule has 1 aromatic carbocycles. The molecule has 1 fully saturated rings. The molecule has 0 bridgehead atoms. The fraction of sp³-hybridized carbons (Fsp3) is 0.562. The number of nitrogens with zero attached hydrogens (tertiary/aromatic N) is 1. The van der Waals surface area contributed by atoms with E-state index in [9.17, 15) is 0 Å². The van der Waals surface area contributed by atoms with E-state index in [-0.39, 0.29) is 0 Å². The van der Waals surface area contributed by atoms with Crippen molar-refractivity contribution >= 4 is 5.96 Å². The first-order valence-corrected chi connectivity index (χ1v) is 7.53. The highest BCUT2D eigenvalue weighted by Gasteiger charge is 2.17. The molecule has 1 heterocycles. The minimum Gasteiger partial charge on any atom is -0.493 e. The average molecular weight is 291 g/mol. The number of ether oxygens (including phenoxy) is 2. The maximum Gasteiger partial charge on any atom is 0.188 e. The lowest BCUT2D eigenvalue weighted by Gasteiger charge is -2.14. The maximum absolute atomic E-state index is 5.98. The van der Waals surface area contributed by atoms with Gasteiger partial charge in [-0.25, -0.2) is 4.99 Å². The van der Waals surface area contributed by atoms with Crippen molar-refractivity contribution in [2.45, 2.75) is 26.8 Å². The molecule has 1 unspecified atom stereocenters. The minimum atomic E-state index is 0.466. The predicted octanol–water partition coefficient (Wildman–Crippen LogP) is 1.83. The van der Waals surface area contributed by atoms with Crippen LogP contribution in [0.15, 0.2) is 23.2 Å². The average Bonchev–Trinajstić information content (AvgIpc) is 2.97. The number of rotatable bonds is 6. The minimum absolute atomic E-state index is 0.466. The van der Waals surface area contributed by atoms with Gasteiger partial charge >= 0.3 is 0 Å². The Bertz CT molecular complexity index is 482. The van der Waals surface area contributed by atoms with Crippen LogP contribution in [0.4, 0.5) is 0 Å². The summed E-state index contributed by atoms with van der Waals surface area (Å²) in [7, 11) is 0. The summed E-state index contributed by atoms with van der Waals surface area (Å²) in [6.45, 7) is 7.69. The van der Waals surface area contributed by atoms with Gasteiger partial charge < -0.3 is 20.5 Å². The molecule has 1 aliphatic heterocycles. The third kappa shape index (κ3) is 4.93. The molecule has 0 saturated carbocycles. The Kier molecular flexibility index (Phi) is 5.87. The fourth-order valence-electron chi connectivity index (χ4n) is 2.26. The monoisotopic (exact) mass is 291 g/mol. The van der Waals surface area contributed by atoms with Crippen LogP contribution in [-0.4, -0.2) is 32.3 Å². The molecule has 0 radical (unpaired) electrons. The summed E-state index contributed by atoms with van der Waals surface area (Å²) in [6.07, 6.45) is 1.08. The van der Waals surface area contributed by atoms with Gasteiger partial charge in [-0.15, -0.1) is 0 Å². The lowest BCUT2D eigenvalue weighted by molar-refractivity contribution is 0.166. The third-order valence-corrected chi connectivity index (χ3v) is 3.50.